The molecule has 0 saturated carbocycles. The van der Waals surface area contributed by atoms with Crippen LogP contribution >= 0.6 is 11.6 Å². The van der Waals surface area contributed by atoms with Crippen molar-refractivity contribution >= 4 is 46.3 Å². The number of anilines is 4. The molecule has 198 valence electrons. The number of hydrogen-bond donors (Lipinski definition) is 5. The van der Waals surface area contributed by atoms with Crippen molar-refractivity contribution in [3.05, 3.63) is 70.0 Å². The third-order valence-corrected chi connectivity index (χ3v) is 5.99. The number of aliphatic hydroxyl groups excluding tert-OH is 2. The minimum absolute atomic E-state index is 0.0768. The summed E-state index contributed by atoms with van der Waals surface area (Å²) in [5.74, 6) is -2.01. The van der Waals surface area contributed by atoms with Gasteiger partial charge < -0.3 is 25.6 Å². The maximum absolute atomic E-state index is 14.7. The molecule has 4 unspecified atom stereocenters. The Hall–Kier alpha value is -4.18. The monoisotopic (exact) mass is 548 g/mol. The van der Waals surface area contributed by atoms with E-state index in [1.807, 2.05) is 0 Å². The van der Waals surface area contributed by atoms with Gasteiger partial charge in [-0.05, 0) is 31.2 Å². The molecule has 16 heteroatoms. The van der Waals surface area contributed by atoms with Crippen LogP contribution in [0.2, 0.25) is 5.02 Å². The molecule has 0 bridgehead atoms. The molecule has 4 heterocycles. The summed E-state index contributed by atoms with van der Waals surface area (Å²) in [5.41, 5.74) is -0.207. The number of rotatable bonds is 5. The number of hydrogen-bond acceptors (Lipinski definition) is 9. The number of halogens is 3. The normalized spacial score (nSPS) is 21.0. The highest BCUT2D eigenvalue weighted by atomic mass is 35.5. The van der Waals surface area contributed by atoms with Gasteiger partial charge in [-0.25, -0.2) is 27.9 Å². The number of nitrogens with one attached hydrogen (secondary N) is 3. The van der Waals surface area contributed by atoms with E-state index in [4.69, 9.17) is 16.3 Å². The molecule has 1 aliphatic rings. The number of aliphatic hydroxyl groups is 2. The maximum Gasteiger partial charge on any atom is 0.351 e. The first-order valence-corrected chi connectivity index (χ1v) is 11.4. The van der Waals surface area contributed by atoms with Crippen molar-refractivity contribution < 1.29 is 28.5 Å². The molecule has 4 atom stereocenters. The number of nitrogens with zero attached hydrogens (tertiary/aromatic N) is 5. The van der Waals surface area contributed by atoms with Gasteiger partial charge in [-0.3, -0.25) is 9.88 Å². The molecule has 13 nitrogen and oxygen atoms in total. The Morgan fingerprint density at radius 3 is 2.63 bits per heavy atom. The van der Waals surface area contributed by atoms with E-state index in [0.717, 1.165) is 0 Å². The van der Waals surface area contributed by atoms with Crippen LogP contribution in [-0.2, 0) is 4.74 Å². The van der Waals surface area contributed by atoms with E-state index in [1.165, 1.54) is 35.8 Å². The number of fused-ring (bicyclic) bond motifs is 1. The molecule has 1 aliphatic heterocycles. The van der Waals surface area contributed by atoms with Crippen molar-refractivity contribution in [1.29, 1.82) is 0 Å². The summed E-state index contributed by atoms with van der Waals surface area (Å²) in [6.45, 7) is 1.48. The molecule has 0 aliphatic carbocycles. The van der Waals surface area contributed by atoms with E-state index in [9.17, 15) is 28.6 Å². The second-order valence-corrected chi connectivity index (χ2v) is 8.72. The van der Waals surface area contributed by atoms with Gasteiger partial charge in [0.05, 0.1) is 23.5 Å². The third-order valence-electron chi connectivity index (χ3n) is 5.70. The van der Waals surface area contributed by atoms with Crippen molar-refractivity contribution in [2.24, 2.45) is 0 Å². The van der Waals surface area contributed by atoms with E-state index >= 15 is 0 Å². The van der Waals surface area contributed by atoms with E-state index < -0.39 is 53.7 Å². The average molecular weight is 549 g/mol. The zero-order chi connectivity index (χ0) is 27.1. The van der Waals surface area contributed by atoms with Crippen molar-refractivity contribution in [2.45, 2.75) is 31.5 Å². The lowest BCUT2D eigenvalue weighted by atomic mass is 10.1. The summed E-state index contributed by atoms with van der Waals surface area (Å²) in [5, 5.41) is 31.4. The first-order valence-electron chi connectivity index (χ1n) is 11.1. The van der Waals surface area contributed by atoms with Gasteiger partial charge in [0.25, 0.3) is 0 Å². The van der Waals surface area contributed by atoms with Gasteiger partial charge in [0.15, 0.2) is 23.5 Å². The van der Waals surface area contributed by atoms with Crippen molar-refractivity contribution in [3.8, 4) is 0 Å². The van der Waals surface area contributed by atoms with Gasteiger partial charge in [-0.2, -0.15) is 10.1 Å². The van der Waals surface area contributed by atoms with Gasteiger partial charge in [0.2, 0.25) is 0 Å². The van der Waals surface area contributed by atoms with Crippen LogP contribution in [0.1, 0.15) is 13.2 Å². The Morgan fingerprint density at radius 1 is 1.13 bits per heavy atom. The van der Waals surface area contributed by atoms with E-state index in [2.05, 4.69) is 31.0 Å². The first-order chi connectivity index (χ1) is 18.1. The average Bonchev–Trinajstić information content (AvgIpc) is 3.38. The first kappa shape index (κ1) is 25.5. The molecule has 0 spiro atoms. The van der Waals surface area contributed by atoms with Crippen LogP contribution in [0, 0.1) is 11.6 Å². The smallest absolute Gasteiger partial charge is 0.351 e. The van der Waals surface area contributed by atoms with Gasteiger partial charge in [-0.15, -0.1) is 0 Å². The summed E-state index contributed by atoms with van der Waals surface area (Å²) >= 11 is 5.80. The lowest BCUT2D eigenvalue weighted by molar-refractivity contribution is -0.0355. The zero-order valence-corrected chi connectivity index (χ0v) is 20.1. The van der Waals surface area contributed by atoms with Crippen LogP contribution in [0.15, 0.2) is 47.7 Å². The summed E-state index contributed by atoms with van der Waals surface area (Å²) in [4.78, 5) is 32.8. The SMILES string of the molecule is CC1OC(n2cc(F)c(NC(=O)Nc3cnn4ccc(Nc5ccc(F)c(Cl)c5)nc34)nc2=O)C(O)C1O. The highest BCUT2D eigenvalue weighted by Gasteiger charge is 2.42. The van der Waals surface area contributed by atoms with Crippen LogP contribution in [0.25, 0.3) is 5.65 Å². The highest BCUT2D eigenvalue weighted by molar-refractivity contribution is 6.31. The number of aromatic nitrogens is 5. The summed E-state index contributed by atoms with van der Waals surface area (Å²) in [6.07, 6.45) is -1.34. The fourth-order valence-corrected chi connectivity index (χ4v) is 3.96. The fourth-order valence-electron chi connectivity index (χ4n) is 3.78. The molecule has 0 radical (unpaired) electrons. The van der Waals surface area contributed by atoms with E-state index in [-0.39, 0.29) is 16.4 Å². The molecule has 2 amide bonds. The van der Waals surface area contributed by atoms with Crippen LogP contribution in [-0.4, -0.2) is 58.7 Å². The molecule has 3 aromatic heterocycles. The number of carbonyl (C=O) groups is 1. The Balaban J connectivity index is 1.32. The number of amides is 2. The van der Waals surface area contributed by atoms with Crippen molar-refractivity contribution in [3.63, 3.8) is 0 Å². The van der Waals surface area contributed by atoms with Gasteiger partial charge in [0.1, 0.15) is 29.5 Å². The van der Waals surface area contributed by atoms with Gasteiger partial charge >= 0.3 is 11.7 Å². The number of carbonyl (C=O) groups excluding carboxylic acids is 1. The highest BCUT2D eigenvalue weighted by Crippen LogP contribution is 2.28. The largest absolute Gasteiger partial charge is 0.388 e. The van der Waals surface area contributed by atoms with E-state index in [1.54, 1.807) is 12.3 Å². The summed E-state index contributed by atoms with van der Waals surface area (Å²) < 4.78 is 35.4. The predicted molar refractivity (Wildman–Crippen MR) is 130 cm³/mol. The lowest BCUT2D eigenvalue weighted by Crippen LogP contribution is -2.36. The molecule has 5 N–H and O–H groups in total. The summed E-state index contributed by atoms with van der Waals surface area (Å²) in [6, 6.07) is 4.67. The summed E-state index contributed by atoms with van der Waals surface area (Å²) in [7, 11) is 0. The molecule has 1 saturated heterocycles. The second-order valence-electron chi connectivity index (χ2n) is 8.31. The standard InChI is InChI=1S/C22H19ClF2N8O5/c1-9-16(34)17(35)20(38-9)32-8-13(25)18(31-22(32)37)30-21(36)28-14-7-26-33-5-4-15(29-19(14)33)27-10-2-3-12(24)11(23)6-10/h2-9,16-17,20,34-35H,1H3,(H,27,29)(H2,28,30,31,36,37). The van der Waals surface area contributed by atoms with Gasteiger partial charge in [-0.1, -0.05) is 11.6 Å². The van der Waals surface area contributed by atoms with Crippen LogP contribution in [0.3, 0.4) is 0 Å². The Bertz CT molecular complexity index is 1600. The second kappa shape index (κ2) is 9.94. The minimum Gasteiger partial charge on any atom is -0.388 e. The molecular formula is C22H19ClF2N8O5. The molecule has 5 rings (SSSR count). The van der Waals surface area contributed by atoms with Gasteiger partial charge in [0, 0.05) is 11.9 Å². The topological polar surface area (TPSA) is 168 Å². The van der Waals surface area contributed by atoms with Crippen LogP contribution in [0.5, 0.6) is 0 Å². The minimum atomic E-state index is -1.48. The third kappa shape index (κ3) is 4.87. The van der Waals surface area contributed by atoms with Crippen molar-refractivity contribution in [2.75, 3.05) is 16.0 Å². The zero-order valence-electron chi connectivity index (χ0n) is 19.3. The molecule has 4 aromatic rings. The molecule has 1 aromatic carbocycles. The number of urea groups is 1. The van der Waals surface area contributed by atoms with Crippen molar-refractivity contribution in [1.82, 2.24) is 24.1 Å². The number of benzene rings is 1. The fraction of sp³-hybridized carbons (Fsp3) is 0.227. The van der Waals surface area contributed by atoms with E-state index in [0.29, 0.717) is 22.3 Å². The predicted octanol–water partition coefficient (Wildman–Crippen LogP) is 2.24. The molecule has 1 fully saturated rings. The quantitative estimate of drug-likeness (QED) is 0.251. The Labute approximate surface area is 216 Å². The van der Waals surface area contributed by atoms with Crippen LogP contribution in [0.4, 0.5) is 36.6 Å². The maximum atomic E-state index is 14.7. The Morgan fingerprint density at radius 2 is 1.92 bits per heavy atom. The Kier molecular flexibility index (Phi) is 6.66. The lowest BCUT2D eigenvalue weighted by Gasteiger charge is -2.17. The molecular weight excluding hydrogens is 530 g/mol. The number of ether oxygens (including phenoxy) is 1. The van der Waals surface area contributed by atoms with Crippen LogP contribution < -0.4 is 21.6 Å². The molecule has 38 heavy (non-hydrogen) atoms.